The van der Waals surface area contributed by atoms with Gasteiger partial charge in [-0.3, -0.25) is 4.79 Å². The molecule has 1 aliphatic rings. The Labute approximate surface area is 66.0 Å². The number of carboxylic acids is 1. The Morgan fingerprint density at radius 3 is 2.55 bits per heavy atom. The predicted octanol–water partition coefficient (Wildman–Crippen LogP) is 0.868. The molecule has 1 saturated carbocycles. The van der Waals surface area contributed by atoms with Crippen molar-refractivity contribution in [1.29, 1.82) is 0 Å². The third kappa shape index (κ3) is 1.93. The lowest BCUT2D eigenvalue weighted by atomic mass is 9.81. The van der Waals surface area contributed by atoms with Crippen LogP contribution in [-0.4, -0.2) is 22.3 Å². The van der Waals surface area contributed by atoms with E-state index in [2.05, 4.69) is 0 Å². The van der Waals surface area contributed by atoms with Crippen LogP contribution in [0.3, 0.4) is 0 Å². The topological polar surface area (TPSA) is 57.5 Å². The Kier molecular flexibility index (Phi) is 2.49. The van der Waals surface area contributed by atoms with Crippen LogP contribution in [0.15, 0.2) is 0 Å². The van der Waals surface area contributed by atoms with Crippen molar-refractivity contribution in [3.63, 3.8) is 0 Å². The summed E-state index contributed by atoms with van der Waals surface area (Å²) in [5.41, 5.74) is 0. The Morgan fingerprint density at radius 1 is 1.45 bits per heavy atom. The lowest BCUT2D eigenvalue weighted by molar-refractivity contribution is -0.148. The molecule has 1 fully saturated rings. The minimum absolute atomic E-state index is 0.473. The highest BCUT2D eigenvalue weighted by molar-refractivity contribution is 5.70. The number of hydrogen-bond acceptors (Lipinski definition) is 2. The maximum Gasteiger partial charge on any atom is 0.309 e. The van der Waals surface area contributed by atoms with Gasteiger partial charge in [-0.25, -0.2) is 0 Å². The van der Waals surface area contributed by atoms with Gasteiger partial charge in [0.2, 0.25) is 0 Å². The highest BCUT2D eigenvalue weighted by Gasteiger charge is 2.31. The van der Waals surface area contributed by atoms with Gasteiger partial charge in [0, 0.05) is 0 Å². The molecule has 0 unspecified atom stereocenters. The van der Waals surface area contributed by atoms with Crippen molar-refractivity contribution in [3.05, 3.63) is 0 Å². The maximum atomic E-state index is 10.5. The van der Waals surface area contributed by atoms with Crippen LogP contribution in [0.5, 0.6) is 0 Å². The van der Waals surface area contributed by atoms with Crippen LogP contribution < -0.4 is 0 Å². The second-order valence-electron chi connectivity index (χ2n) is 3.43. The zero-order valence-electron chi connectivity index (χ0n) is 6.66. The van der Waals surface area contributed by atoms with Crippen molar-refractivity contribution >= 4 is 5.97 Å². The smallest absolute Gasteiger partial charge is 0.309 e. The van der Waals surface area contributed by atoms with Gasteiger partial charge >= 0.3 is 5.97 Å². The van der Waals surface area contributed by atoms with Gasteiger partial charge in [-0.1, -0.05) is 6.92 Å². The Balaban J connectivity index is 2.50. The average molecular weight is 158 g/mol. The molecule has 3 atom stereocenters. The first kappa shape index (κ1) is 8.53. The van der Waals surface area contributed by atoms with Crippen molar-refractivity contribution in [1.82, 2.24) is 0 Å². The van der Waals surface area contributed by atoms with E-state index in [1.54, 1.807) is 0 Å². The summed E-state index contributed by atoms with van der Waals surface area (Å²) in [4.78, 5) is 10.5. The minimum Gasteiger partial charge on any atom is -0.481 e. The summed E-state index contributed by atoms with van der Waals surface area (Å²) in [7, 11) is 0. The molecule has 11 heavy (non-hydrogen) atoms. The van der Waals surface area contributed by atoms with Gasteiger partial charge in [0.15, 0.2) is 0 Å². The van der Waals surface area contributed by atoms with Gasteiger partial charge in [0.1, 0.15) is 0 Å². The molecule has 3 nitrogen and oxygen atoms in total. The van der Waals surface area contributed by atoms with Crippen molar-refractivity contribution < 1.29 is 15.0 Å². The van der Waals surface area contributed by atoms with E-state index in [1.807, 2.05) is 6.92 Å². The minimum atomic E-state index is -0.857. The molecule has 0 aromatic carbocycles. The molecular weight excluding hydrogens is 144 g/mol. The molecule has 0 aliphatic heterocycles. The van der Waals surface area contributed by atoms with Crippen molar-refractivity contribution in [3.8, 4) is 0 Å². The zero-order valence-corrected chi connectivity index (χ0v) is 6.66. The summed E-state index contributed by atoms with van der Waals surface area (Å²) in [6, 6.07) is 0. The molecule has 0 heterocycles. The highest BCUT2D eigenvalue weighted by atomic mass is 16.4. The lowest BCUT2D eigenvalue weighted by Crippen LogP contribution is -2.33. The zero-order chi connectivity index (χ0) is 8.43. The summed E-state index contributed by atoms with van der Waals surface area (Å²) < 4.78 is 0. The molecule has 64 valence electrons. The summed E-state index contributed by atoms with van der Waals surface area (Å²) >= 11 is 0. The molecule has 0 radical (unpaired) electrons. The SMILES string of the molecule is C[C@@H]1CC[C@@H](C(=O)O)[C@@H](O)C1. The molecule has 0 bridgehead atoms. The number of aliphatic hydroxyl groups is 1. The number of aliphatic carboxylic acids is 1. The molecule has 0 saturated heterocycles. The summed E-state index contributed by atoms with van der Waals surface area (Å²) in [5, 5.41) is 18.0. The van der Waals surface area contributed by atoms with E-state index in [9.17, 15) is 9.90 Å². The van der Waals surface area contributed by atoms with Crippen LogP contribution in [0.25, 0.3) is 0 Å². The normalized spacial score (nSPS) is 38.5. The first-order chi connectivity index (χ1) is 5.11. The van der Waals surface area contributed by atoms with Crippen LogP contribution in [0, 0.1) is 11.8 Å². The third-order valence-corrected chi connectivity index (χ3v) is 2.40. The fraction of sp³-hybridized carbons (Fsp3) is 0.875. The van der Waals surface area contributed by atoms with Crippen LogP contribution >= 0.6 is 0 Å². The monoisotopic (exact) mass is 158 g/mol. The van der Waals surface area contributed by atoms with Crippen molar-refractivity contribution in [2.45, 2.75) is 32.3 Å². The van der Waals surface area contributed by atoms with Gasteiger partial charge in [-0.15, -0.1) is 0 Å². The standard InChI is InChI=1S/C8H14O3/c1-5-2-3-6(8(10)11)7(9)4-5/h5-7,9H,2-4H2,1H3,(H,10,11)/t5-,6-,7+/m1/s1. The van der Waals surface area contributed by atoms with Crippen molar-refractivity contribution in [2.75, 3.05) is 0 Å². The number of aliphatic hydroxyl groups excluding tert-OH is 1. The first-order valence-corrected chi connectivity index (χ1v) is 4.02. The molecule has 0 aromatic rings. The van der Waals surface area contributed by atoms with E-state index in [0.717, 1.165) is 6.42 Å². The summed E-state index contributed by atoms with van der Waals surface area (Å²) in [5.74, 6) is -0.906. The molecule has 1 rings (SSSR count). The van der Waals surface area contributed by atoms with Crippen LogP contribution in [0.1, 0.15) is 26.2 Å². The van der Waals surface area contributed by atoms with E-state index in [-0.39, 0.29) is 0 Å². The number of hydrogen-bond donors (Lipinski definition) is 2. The first-order valence-electron chi connectivity index (χ1n) is 4.02. The van der Waals surface area contributed by atoms with Crippen LogP contribution in [0.2, 0.25) is 0 Å². The van der Waals surface area contributed by atoms with E-state index in [1.165, 1.54) is 0 Å². The Morgan fingerprint density at radius 2 is 2.09 bits per heavy atom. The fourth-order valence-corrected chi connectivity index (χ4v) is 1.64. The van der Waals surface area contributed by atoms with Crippen LogP contribution in [-0.2, 0) is 4.79 Å². The van der Waals surface area contributed by atoms with Crippen LogP contribution in [0.4, 0.5) is 0 Å². The maximum absolute atomic E-state index is 10.5. The van der Waals surface area contributed by atoms with E-state index in [0.29, 0.717) is 18.8 Å². The molecule has 0 amide bonds. The molecule has 1 aliphatic carbocycles. The Bertz CT molecular complexity index is 155. The Hall–Kier alpha value is -0.570. The van der Waals surface area contributed by atoms with E-state index < -0.39 is 18.0 Å². The van der Waals surface area contributed by atoms with E-state index >= 15 is 0 Å². The lowest BCUT2D eigenvalue weighted by Gasteiger charge is -2.28. The fourth-order valence-electron chi connectivity index (χ4n) is 1.64. The summed E-state index contributed by atoms with van der Waals surface area (Å²) in [6.45, 7) is 2.04. The highest BCUT2D eigenvalue weighted by Crippen LogP contribution is 2.28. The van der Waals surface area contributed by atoms with Crippen molar-refractivity contribution in [2.24, 2.45) is 11.8 Å². The molecule has 0 aromatic heterocycles. The molecule has 3 heteroatoms. The van der Waals surface area contributed by atoms with Gasteiger partial charge in [-0.2, -0.15) is 0 Å². The molecular formula is C8H14O3. The second kappa shape index (κ2) is 3.22. The van der Waals surface area contributed by atoms with Gasteiger partial charge in [-0.05, 0) is 25.2 Å². The van der Waals surface area contributed by atoms with Gasteiger partial charge in [0.25, 0.3) is 0 Å². The largest absolute Gasteiger partial charge is 0.481 e. The number of rotatable bonds is 1. The predicted molar refractivity (Wildman–Crippen MR) is 40.1 cm³/mol. The second-order valence-corrected chi connectivity index (χ2v) is 3.43. The molecule has 0 spiro atoms. The summed E-state index contributed by atoms with van der Waals surface area (Å²) in [6.07, 6.45) is 1.55. The average Bonchev–Trinajstić information content (AvgIpc) is 1.85. The molecule has 2 N–H and O–H groups in total. The van der Waals surface area contributed by atoms with Gasteiger partial charge in [0.05, 0.1) is 12.0 Å². The number of carbonyl (C=O) groups is 1. The third-order valence-electron chi connectivity index (χ3n) is 2.40. The quantitative estimate of drug-likeness (QED) is 0.595. The number of carboxylic acid groups (broad SMARTS) is 1. The van der Waals surface area contributed by atoms with E-state index in [4.69, 9.17) is 5.11 Å². The van der Waals surface area contributed by atoms with Gasteiger partial charge < -0.3 is 10.2 Å².